The van der Waals surface area contributed by atoms with Crippen LogP contribution in [0.25, 0.3) is 0 Å². The lowest BCUT2D eigenvalue weighted by Crippen LogP contribution is -2.05. The summed E-state index contributed by atoms with van der Waals surface area (Å²) in [5.41, 5.74) is 0. The van der Waals surface area contributed by atoms with E-state index in [0.29, 0.717) is 13.0 Å². The zero-order chi connectivity index (χ0) is 12.1. The number of ether oxygens (including phenoxy) is 1. The summed E-state index contributed by atoms with van der Waals surface area (Å²) in [6.07, 6.45) is 10.9. The highest BCUT2D eigenvalue weighted by atomic mass is 16.5. The Labute approximate surface area is 101 Å². The fourth-order valence-electron chi connectivity index (χ4n) is 1.57. The van der Waals surface area contributed by atoms with Crippen molar-refractivity contribution in [2.24, 2.45) is 0 Å². The van der Waals surface area contributed by atoms with E-state index in [9.17, 15) is 4.79 Å². The van der Waals surface area contributed by atoms with Gasteiger partial charge in [0.15, 0.2) is 0 Å². The van der Waals surface area contributed by atoms with Crippen LogP contribution in [0.1, 0.15) is 71.1 Å². The first-order valence-electron chi connectivity index (χ1n) is 6.76. The maximum Gasteiger partial charge on any atom is 0.305 e. The molecule has 0 aliphatic rings. The zero-order valence-corrected chi connectivity index (χ0v) is 10.8. The van der Waals surface area contributed by atoms with Gasteiger partial charge in [-0.25, -0.2) is 0 Å². The molecule has 1 radical (unpaired) electrons. The average Bonchev–Trinajstić information content (AvgIpc) is 2.30. The van der Waals surface area contributed by atoms with Crippen LogP contribution in [-0.4, -0.2) is 12.6 Å². The minimum Gasteiger partial charge on any atom is -0.466 e. The SMILES string of the molecule is [CH2]CCCCCCCCOC(=O)CCCC. The van der Waals surface area contributed by atoms with Gasteiger partial charge in [0.1, 0.15) is 0 Å². The molecule has 0 bridgehead atoms. The molecule has 0 rings (SSSR count). The maximum absolute atomic E-state index is 11.1. The number of unbranched alkanes of at least 4 members (excludes halogenated alkanes) is 7. The summed E-state index contributed by atoms with van der Waals surface area (Å²) in [5, 5.41) is 0. The Morgan fingerprint density at radius 3 is 2.25 bits per heavy atom. The van der Waals surface area contributed by atoms with Crippen LogP contribution in [-0.2, 0) is 9.53 Å². The van der Waals surface area contributed by atoms with Gasteiger partial charge < -0.3 is 4.74 Å². The summed E-state index contributed by atoms with van der Waals surface area (Å²) in [5.74, 6) is -0.0288. The molecule has 0 fully saturated rings. The molecule has 0 unspecified atom stereocenters. The lowest BCUT2D eigenvalue weighted by atomic mass is 10.1. The molecule has 0 saturated carbocycles. The molecule has 0 aliphatic heterocycles. The lowest BCUT2D eigenvalue weighted by Gasteiger charge is -2.04. The third-order valence-electron chi connectivity index (χ3n) is 2.64. The summed E-state index contributed by atoms with van der Waals surface area (Å²) in [4.78, 5) is 11.1. The Balaban J connectivity index is 3.05. The van der Waals surface area contributed by atoms with Gasteiger partial charge in [-0.3, -0.25) is 4.79 Å². The van der Waals surface area contributed by atoms with Crippen molar-refractivity contribution in [3.05, 3.63) is 6.92 Å². The van der Waals surface area contributed by atoms with Crippen molar-refractivity contribution in [2.75, 3.05) is 6.61 Å². The Morgan fingerprint density at radius 1 is 1.00 bits per heavy atom. The van der Waals surface area contributed by atoms with Crippen molar-refractivity contribution in [1.29, 1.82) is 0 Å². The van der Waals surface area contributed by atoms with Crippen LogP contribution >= 0.6 is 0 Å². The Bertz CT molecular complexity index is 155. The van der Waals surface area contributed by atoms with Crippen LogP contribution in [0.2, 0.25) is 0 Å². The van der Waals surface area contributed by atoms with Crippen molar-refractivity contribution >= 4 is 5.97 Å². The molecule has 16 heavy (non-hydrogen) atoms. The van der Waals surface area contributed by atoms with Crippen molar-refractivity contribution < 1.29 is 9.53 Å². The molecule has 2 heteroatoms. The number of carbonyl (C=O) groups excluding carboxylic acids is 1. The quantitative estimate of drug-likeness (QED) is 0.389. The first-order valence-corrected chi connectivity index (χ1v) is 6.76. The Hall–Kier alpha value is -0.530. The first-order chi connectivity index (χ1) is 7.81. The number of carbonyl (C=O) groups is 1. The molecule has 95 valence electrons. The summed E-state index contributed by atoms with van der Waals surface area (Å²) in [6.45, 7) is 6.51. The van der Waals surface area contributed by atoms with Crippen molar-refractivity contribution in [3.63, 3.8) is 0 Å². The molecule has 0 atom stereocenters. The van der Waals surface area contributed by atoms with Crippen LogP contribution in [0.4, 0.5) is 0 Å². The molecule has 0 N–H and O–H groups in total. The van der Waals surface area contributed by atoms with E-state index in [1.165, 1.54) is 32.1 Å². The second kappa shape index (κ2) is 12.5. The van der Waals surface area contributed by atoms with E-state index in [2.05, 4.69) is 13.8 Å². The molecular formula is C14H27O2. The standard InChI is InChI=1S/C14H27O2/c1-3-5-7-8-9-10-11-13-16-14(15)12-6-4-2/h1,3-13H2,2H3. The molecule has 2 nitrogen and oxygen atoms in total. The highest BCUT2D eigenvalue weighted by Crippen LogP contribution is 2.07. The van der Waals surface area contributed by atoms with E-state index in [1.807, 2.05) is 0 Å². The van der Waals surface area contributed by atoms with Crippen LogP contribution in [0.15, 0.2) is 0 Å². The molecule has 0 aromatic rings. The summed E-state index contributed by atoms with van der Waals surface area (Å²) < 4.78 is 5.12. The fourth-order valence-corrected chi connectivity index (χ4v) is 1.57. The molecular weight excluding hydrogens is 200 g/mol. The largest absolute Gasteiger partial charge is 0.466 e. The van der Waals surface area contributed by atoms with E-state index >= 15 is 0 Å². The van der Waals surface area contributed by atoms with Crippen molar-refractivity contribution in [3.8, 4) is 0 Å². The highest BCUT2D eigenvalue weighted by Gasteiger charge is 2.00. The van der Waals surface area contributed by atoms with Crippen LogP contribution in [0.3, 0.4) is 0 Å². The number of rotatable bonds is 11. The van der Waals surface area contributed by atoms with E-state index < -0.39 is 0 Å². The van der Waals surface area contributed by atoms with Crippen LogP contribution in [0.5, 0.6) is 0 Å². The Morgan fingerprint density at radius 2 is 1.62 bits per heavy atom. The van der Waals surface area contributed by atoms with Gasteiger partial charge in [0.2, 0.25) is 0 Å². The fraction of sp³-hybridized carbons (Fsp3) is 0.857. The topological polar surface area (TPSA) is 26.3 Å². The predicted molar refractivity (Wildman–Crippen MR) is 68.2 cm³/mol. The maximum atomic E-state index is 11.1. The molecule has 0 heterocycles. The van der Waals surface area contributed by atoms with Gasteiger partial charge in [-0.15, -0.1) is 0 Å². The van der Waals surface area contributed by atoms with E-state index in [1.54, 1.807) is 0 Å². The molecule has 0 amide bonds. The van der Waals surface area contributed by atoms with Gasteiger partial charge >= 0.3 is 5.97 Å². The third kappa shape index (κ3) is 11.5. The predicted octanol–water partition coefficient (Wildman–Crippen LogP) is 4.28. The van der Waals surface area contributed by atoms with Gasteiger partial charge in [0.05, 0.1) is 6.61 Å². The lowest BCUT2D eigenvalue weighted by molar-refractivity contribution is -0.143. The first kappa shape index (κ1) is 15.5. The second-order valence-electron chi connectivity index (χ2n) is 4.30. The van der Waals surface area contributed by atoms with Gasteiger partial charge in [-0.2, -0.15) is 0 Å². The summed E-state index contributed by atoms with van der Waals surface area (Å²) in [6, 6.07) is 0. The number of hydrogen-bond donors (Lipinski definition) is 0. The normalized spacial score (nSPS) is 10.4. The van der Waals surface area contributed by atoms with Gasteiger partial charge in [-0.1, -0.05) is 58.8 Å². The smallest absolute Gasteiger partial charge is 0.305 e. The highest BCUT2D eigenvalue weighted by molar-refractivity contribution is 5.69. The van der Waals surface area contributed by atoms with E-state index in [-0.39, 0.29) is 5.97 Å². The molecule has 0 saturated heterocycles. The molecule has 0 aromatic heterocycles. The van der Waals surface area contributed by atoms with Crippen molar-refractivity contribution in [1.82, 2.24) is 0 Å². The monoisotopic (exact) mass is 227 g/mol. The minimum atomic E-state index is -0.0288. The van der Waals surface area contributed by atoms with Crippen LogP contribution < -0.4 is 0 Å². The van der Waals surface area contributed by atoms with Gasteiger partial charge in [-0.05, 0) is 12.8 Å². The molecule has 0 aromatic carbocycles. The molecule has 0 aliphatic carbocycles. The second-order valence-corrected chi connectivity index (χ2v) is 4.30. The minimum absolute atomic E-state index is 0.0288. The average molecular weight is 227 g/mol. The van der Waals surface area contributed by atoms with E-state index in [4.69, 9.17) is 4.74 Å². The van der Waals surface area contributed by atoms with Gasteiger partial charge in [0.25, 0.3) is 0 Å². The van der Waals surface area contributed by atoms with E-state index in [0.717, 1.165) is 25.7 Å². The van der Waals surface area contributed by atoms with Gasteiger partial charge in [0, 0.05) is 6.42 Å². The Kier molecular flexibility index (Phi) is 12.1. The summed E-state index contributed by atoms with van der Waals surface area (Å²) >= 11 is 0. The molecule has 0 spiro atoms. The number of esters is 1. The van der Waals surface area contributed by atoms with Crippen LogP contribution in [0, 0.1) is 6.92 Å². The number of hydrogen-bond acceptors (Lipinski definition) is 2. The zero-order valence-electron chi connectivity index (χ0n) is 10.8. The third-order valence-corrected chi connectivity index (χ3v) is 2.64. The van der Waals surface area contributed by atoms with Crippen molar-refractivity contribution in [2.45, 2.75) is 71.1 Å². The summed E-state index contributed by atoms with van der Waals surface area (Å²) in [7, 11) is 0.